The number of benzene rings is 1. The molecule has 2 heterocycles. The van der Waals surface area contributed by atoms with Gasteiger partial charge in [-0.2, -0.15) is 0 Å². The minimum atomic E-state index is 0.746. The summed E-state index contributed by atoms with van der Waals surface area (Å²) in [4.78, 5) is 12.9. The van der Waals surface area contributed by atoms with Crippen LogP contribution >= 0.6 is 11.3 Å². The second-order valence-electron chi connectivity index (χ2n) is 4.68. The molecule has 2 aromatic heterocycles. The second kappa shape index (κ2) is 7.59. The monoisotopic (exact) mass is 308 g/mol. The fourth-order valence-electron chi connectivity index (χ4n) is 1.96. The van der Waals surface area contributed by atoms with Crippen LogP contribution < -0.4 is 5.32 Å². The first kappa shape index (κ1) is 14.6. The Morgan fingerprint density at radius 2 is 2.05 bits per heavy atom. The molecule has 110 valence electrons. The van der Waals surface area contributed by atoms with Crippen molar-refractivity contribution < 1.29 is 0 Å². The fourth-order valence-corrected chi connectivity index (χ4v) is 2.74. The lowest BCUT2D eigenvalue weighted by atomic mass is 10.2. The first-order valence-corrected chi connectivity index (χ1v) is 7.93. The van der Waals surface area contributed by atoms with E-state index in [1.165, 1.54) is 5.56 Å². The van der Waals surface area contributed by atoms with Gasteiger partial charge in [-0.25, -0.2) is 4.98 Å². The molecule has 0 aliphatic heterocycles. The Kier molecular flexibility index (Phi) is 5.02. The molecule has 0 saturated carbocycles. The van der Waals surface area contributed by atoms with Crippen LogP contribution in [-0.2, 0) is 6.54 Å². The third-order valence-electron chi connectivity index (χ3n) is 3.01. The summed E-state index contributed by atoms with van der Waals surface area (Å²) < 4.78 is 0. The maximum absolute atomic E-state index is 4.57. The van der Waals surface area contributed by atoms with Crippen molar-refractivity contribution in [1.29, 1.82) is 0 Å². The van der Waals surface area contributed by atoms with Gasteiger partial charge in [0.1, 0.15) is 10.7 Å². The Hall–Kier alpha value is -2.37. The fraction of sp³-hybridized carbons (Fsp3) is 0.118. The first-order valence-electron chi connectivity index (χ1n) is 7.05. The van der Waals surface area contributed by atoms with Gasteiger partial charge >= 0.3 is 0 Å². The predicted octanol–water partition coefficient (Wildman–Crippen LogP) is 3.40. The van der Waals surface area contributed by atoms with E-state index in [9.17, 15) is 0 Å². The minimum absolute atomic E-state index is 0.746. The molecule has 0 spiro atoms. The van der Waals surface area contributed by atoms with Crippen LogP contribution in [0.2, 0.25) is 0 Å². The molecule has 0 bridgehead atoms. The van der Waals surface area contributed by atoms with E-state index < -0.39 is 0 Å². The summed E-state index contributed by atoms with van der Waals surface area (Å²) in [5, 5.41) is 6.32. The third kappa shape index (κ3) is 4.07. The Morgan fingerprint density at radius 3 is 2.86 bits per heavy atom. The van der Waals surface area contributed by atoms with E-state index >= 15 is 0 Å². The van der Waals surface area contributed by atoms with Crippen molar-refractivity contribution in [1.82, 2.24) is 20.3 Å². The number of hydrogen-bond donors (Lipinski definition) is 1. The van der Waals surface area contributed by atoms with Gasteiger partial charge in [0.2, 0.25) is 0 Å². The lowest BCUT2D eigenvalue weighted by Gasteiger charge is -1.98. The number of nitrogens with one attached hydrogen (secondary N) is 1. The zero-order valence-electron chi connectivity index (χ0n) is 12.0. The molecule has 0 saturated heterocycles. The van der Waals surface area contributed by atoms with Gasteiger partial charge < -0.3 is 5.32 Å². The zero-order chi connectivity index (χ0) is 15.0. The minimum Gasteiger partial charge on any atom is -0.308 e. The quantitative estimate of drug-likeness (QED) is 0.709. The molecule has 0 aliphatic rings. The van der Waals surface area contributed by atoms with Gasteiger partial charge in [-0.15, -0.1) is 11.3 Å². The SMILES string of the molecule is C(=C\c1ccccc1)/CNCc1csc(-c2cnccn2)n1. The van der Waals surface area contributed by atoms with Crippen molar-refractivity contribution in [2.75, 3.05) is 6.54 Å². The molecule has 4 nitrogen and oxygen atoms in total. The summed E-state index contributed by atoms with van der Waals surface area (Å²) in [6.45, 7) is 1.56. The first-order chi connectivity index (χ1) is 10.9. The zero-order valence-corrected chi connectivity index (χ0v) is 12.8. The van der Waals surface area contributed by atoms with Crippen LogP contribution in [0.15, 0.2) is 60.4 Å². The van der Waals surface area contributed by atoms with Crippen molar-refractivity contribution in [2.45, 2.75) is 6.54 Å². The molecule has 22 heavy (non-hydrogen) atoms. The number of aromatic nitrogens is 3. The Bertz CT molecular complexity index is 723. The van der Waals surface area contributed by atoms with Crippen LogP contribution in [0.1, 0.15) is 11.3 Å². The molecule has 3 rings (SSSR count). The number of nitrogens with zero attached hydrogens (tertiary/aromatic N) is 3. The number of rotatable bonds is 6. The summed E-state index contributed by atoms with van der Waals surface area (Å²) in [6, 6.07) is 10.3. The highest BCUT2D eigenvalue weighted by Gasteiger charge is 2.05. The highest BCUT2D eigenvalue weighted by atomic mass is 32.1. The van der Waals surface area contributed by atoms with Crippen LogP contribution in [0.5, 0.6) is 0 Å². The van der Waals surface area contributed by atoms with E-state index in [1.807, 2.05) is 18.2 Å². The summed E-state index contributed by atoms with van der Waals surface area (Å²) in [6.07, 6.45) is 9.31. The maximum Gasteiger partial charge on any atom is 0.143 e. The molecule has 0 aliphatic carbocycles. The molecule has 0 radical (unpaired) electrons. The van der Waals surface area contributed by atoms with Crippen LogP contribution in [0.4, 0.5) is 0 Å². The van der Waals surface area contributed by atoms with Gasteiger partial charge in [0.25, 0.3) is 0 Å². The van der Waals surface area contributed by atoms with E-state index in [4.69, 9.17) is 0 Å². The molecular weight excluding hydrogens is 292 g/mol. The van der Waals surface area contributed by atoms with Crippen molar-refractivity contribution in [2.24, 2.45) is 0 Å². The molecule has 0 amide bonds. The van der Waals surface area contributed by atoms with Crippen LogP contribution in [0, 0.1) is 0 Å². The molecular formula is C17H16N4S. The highest BCUT2D eigenvalue weighted by molar-refractivity contribution is 7.13. The molecule has 1 aromatic carbocycles. The topological polar surface area (TPSA) is 50.7 Å². The van der Waals surface area contributed by atoms with E-state index in [0.717, 1.165) is 29.5 Å². The molecule has 0 atom stereocenters. The van der Waals surface area contributed by atoms with Gasteiger partial charge in [-0.1, -0.05) is 42.5 Å². The predicted molar refractivity (Wildman–Crippen MR) is 90.3 cm³/mol. The van der Waals surface area contributed by atoms with Gasteiger partial charge in [0, 0.05) is 30.9 Å². The van der Waals surface area contributed by atoms with Crippen molar-refractivity contribution in [3.63, 3.8) is 0 Å². The largest absolute Gasteiger partial charge is 0.308 e. The summed E-state index contributed by atoms with van der Waals surface area (Å²) in [5.74, 6) is 0. The summed E-state index contributed by atoms with van der Waals surface area (Å²) in [7, 11) is 0. The van der Waals surface area contributed by atoms with Crippen molar-refractivity contribution in [3.8, 4) is 10.7 Å². The molecule has 0 unspecified atom stereocenters. The average Bonchev–Trinajstić information content (AvgIpc) is 3.05. The Balaban J connectivity index is 1.48. The molecule has 5 heteroatoms. The number of hydrogen-bond acceptors (Lipinski definition) is 5. The van der Waals surface area contributed by atoms with E-state index in [-0.39, 0.29) is 0 Å². The van der Waals surface area contributed by atoms with E-state index in [1.54, 1.807) is 29.9 Å². The maximum atomic E-state index is 4.57. The third-order valence-corrected chi connectivity index (χ3v) is 3.93. The van der Waals surface area contributed by atoms with Gasteiger partial charge in [-0.3, -0.25) is 9.97 Å². The van der Waals surface area contributed by atoms with E-state index in [2.05, 4.69) is 49.9 Å². The van der Waals surface area contributed by atoms with E-state index in [0.29, 0.717) is 0 Å². The Labute approximate surface area is 133 Å². The van der Waals surface area contributed by atoms with Crippen LogP contribution in [0.3, 0.4) is 0 Å². The summed E-state index contributed by atoms with van der Waals surface area (Å²) >= 11 is 1.59. The lowest BCUT2D eigenvalue weighted by Crippen LogP contribution is -2.12. The van der Waals surface area contributed by atoms with Gasteiger partial charge in [-0.05, 0) is 5.56 Å². The van der Waals surface area contributed by atoms with Crippen molar-refractivity contribution in [3.05, 3.63) is 71.6 Å². The Morgan fingerprint density at radius 1 is 1.14 bits per heavy atom. The molecule has 3 aromatic rings. The average molecular weight is 308 g/mol. The van der Waals surface area contributed by atoms with Crippen molar-refractivity contribution >= 4 is 17.4 Å². The smallest absolute Gasteiger partial charge is 0.143 e. The standard InChI is InChI=1S/C17H16N4S/c1-2-5-14(6-3-1)7-4-8-18-11-15-13-22-17(21-15)16-12-19-9-10-20-16/h1-7,9-10,12-13,18H,8,11H2/b7-4+. The lowest BCUT2D eigenvalue weighted by molar-refractivity contribution is 0.746. The van der Waals surface area contributed by atoms with Crippen LogP contribution in [-0.4, -0.2) is 21.5 Å². The normalized spacial score (nSPS) is 11.1. The van der Waals surface area contributed by atoms with Crippen LogP contribution in [0.25, 0.3) is 16.8 Å². The highest BCUT2D eigenvalue weighted by Crippen LogP contribution is 2.20. The van der Waals surface area contributed by atoms with Gasteiger partial charge in [0.15, 0.2) is 0 Å². The number of thiazole rings is 1. The summed E-state index contributed by atoms with van der Waals surface area (Å²) in [5.41, 5.74) is 3.06. The second-order valence-corrected chi connectivity index (χ2v) is 5.54. The van der Waals surface area contributed by atoms with Gasteiger partial charge in [0.05, 0.1) is 11.9 Å². The molecule has 0 fully saturated rings. The molecule has 1 N–H and O–H groups in total.